The maximum atomic E-state index is 13.2. The molecule has 5 rings (SSSR count). The molecule has 14 heteroatoms. The number of carbonyl (C=O) groups excluding carboxylic acids is 3. The van der Waals surface area contributed by atoms with E-state index in [2.05, 4.69) is 36.2 Å². The SMILES string of the molecule is CNC(=O)c1nnc(NC(=O)C2CC2)cc1Nc1cccc(C2=CC=C(C(=O)N(C)Cc3cccc(OC(F)F)c3)NC2)c1N(C)C. The summed E-state index contributed by atoms with van der Waals surface area (Å²) in [6, 6.07) is 13.5. The van der Waals surface area contributed by atoms with Crippen molar-refractivity contribution < 1.29 is 27.9 Å². The number of allylic oxidation sites excluding steroid dienone is 2. The van der Waals surface area contributed by atoms with Gasteiger partial charge in [0.25, 0.3) is 11.8 Å². The third-order valence-electron chi connectivity index (χ3n) is 7.57. The number of alkyl halides is 2. The first-order valence-electron chi connectivity index (χ1n) is 15.0. The Hall–Kier alpha value is -5.53. The number of hydrogen-bond donors (Lipinski definition) is 4. The van der Waals surface area contributed by atoms with Crippen LogP contribution in [0, 0.1) is 5.92 Å². The number of amides is 3. The molecule has 246 valence electrons. The van der Waals surface area contributed by atoms with Crippen molar-refractivity contribution in [1.29, 1.82) is 0 Å². The summed E-state index contributed by atoms with van der Waals surface area (Å²) in [5, 5.41) is 20.0. The second kappa shape index (κ2) is 14.3. The Balaban J connectivity index is 1.37. The fourth-order valence-corrected chi connectivity index (χ4v) is 5.13. The van der Waals surface area contributed by atoms with Crippen LogP contribution >= 0.6 is 0 Å². The number of ether oxygens (including phenoxy) is 1. The molecule has 47 heavy (non-hydrogen) atoms. The zero-order valence-electron chi connectivity index (χ0n) is 26.4. The van der Waals surface area contributed by atoms with Crippen LogP contribution in [0.5, 0.6) is 5.75 Å². The van der Waals surface area contributed by atoms with Gasteiger partial charge < -0.3 is 35.8 Å². The van der Waals surface area contributed by atoms with Crippen LogP contribution in [0.3, 0.4) is 0 Å². The number of rotatable bonds is 12. The minimum absolute atomic E-state index is 0.0279. The van der Waals surface area contributed by atoms with Crippen molar-refractivity contribution in [3.05, 3.63) is 83.2 Å². The van der Waals surface area contributed by atoms with Gasteiger partial charge in [-0.05, 0) is 48.3 Å². The number of anilines is 4. The Bertz CT molecular complexity index is 1740. The number of aromatic nitrogens is 2. The molecule has 1 fully saturated rings. The summed E-state index contributed by atoms with van der Waals surface area (Å²) < 4.78 is 29.7. The molecule has 2 aliphatic rings. The van der Waals surface area contributed by atoms with Crippen molar-refractivity contribution >= 4 is 46.2 Å². The number of halogens is 2. The highest BCUT2D eigenvalue weighted by Crippen LogP contribution is 2.37. The molecule has 0 bridgehead atoms. The maximum absolute atomic E-state index is 13.2. The lowest BCUT2D eigenvalue weighted by Gasteiger charge is -2.26. The fourth-order valence-electron chi connectivity index (χ4n) is 5.13. The van der Waals surface area contributed by atoms with Gasteiger partial charge in [0.1, 0.15) is 11.4 Å². The predicted molar refractivity (Wildman–Crippen MR) is 174 cm³/mol. The van der Waals surface area contributed by atoms with Crippen LogP contribution in [0.15, 0.2) is 66.4 Å². The Labute approximate surface area is 270 Å². The second-order valence-corrected chi connectivity index (χ2v) is 11.4. The zero-order valence-corrected chi connectivity index (χ0v) is 26.4. The van der Waals surface area contributed by atoms with E-state index in [0.29, 0.717) is 29.2 Å². The third kappa shape index (κ3) is 8.01. The van der Waals surface area contributed by atoms with Gasteiger partial charge in [0.15, 0.2) is 11.5 Å². The highest BCUT2D eigenvalue weighted by molar-refractivity contribution is 6.01. The van der Waals surface area contributed by atoms with Gasteiger partial charge in [0.2, 0.25) is 5.91 Å². The van der Waals surface area contributed by atoms with Crippen LogP contribution in [0.1, 0.15) is 34.5 Å². The average Bonchev–Trinajstić information content (AvgIpc) is 3.90. The van der Waals surface area contributed by atoms with Crippen molar-refractivity contribution in [2.24, 2.45) is 5.92 Å². The number of carbonyl (C=O) groups is 3. The molecule has 0 unspecified atom stereocenters. The van der Waals surface area contributed by atoms with Crippen molar-refractivity contribution in [3.63, 3.8) is 0 Å². The first-order chi connectivity index (χ1) is 22.5. The van der Waals surface area contributed by atoms with Crippen molar-refractivity contribution in [3.8, 4) is 5.75 Å². The highest BCUT2D eigenvalue weighted by atomic mass is 19.3. The van der Waals surface area contributed by atoms with E-state index >= 15 is 0 Å². The van der Waals surface area contributed by atoms with Gasteiger partial charge >= 0.3 is 6.61 Å². The van der Waals surface area contributed by atoms with Gasteiger partial charge in [-0.1, -0.05) is 30.3 Å². The van der Waals surface area contributed by atoms with Crippen molar-refractivity contribution in [2.75, 3.05) is 50.3 Å². The molecular formula is C33H36F2N8O4. The van der Waals surface area contributed by atoms with E-state index in [1.807, 2.05) is 43.3 Å². The van der Waals surface area contributed by atoms with E-state index in [4.69, 9.17) is 0 Å². The number of dihydropyridines is 1. The zero-order chi connectivity index (χ0) is 33.7. The van der Waals surface area contributed by atoms with Gasteiger partial charge in [-0.2, -0.15) is 8.78 Å². The standard InChI is InChI=1S/C33H36F2N8O4/c1-36-31(45)28-26(16-27(40-41-28)39-30(44)20-11-12-20)38-24-10-6-9-23(29(24)42(2)3)21-13-14-25(37-17-21)32(46)43(4)18-19-7-5-8-22(15-19)47-33(34)35/h5-10,13-16,20,33,37H,11-12,17-18H2,1-4H3,(H,36,45)(H2,38,39,40,44). The molecule has 1 aromatic heterocycles. The fraction of sp³-hybridized carbons (Fsp3) is 0.303. The number of likely N-dealkylation sites (N-methyl/N-ethyl adjacent to an activating group) is 1. The van der Waals surface area contributed by atoms with Crippen LogP contribution in [0.4, 0.5) is 31.7 Å². The van der Waals surface area contributed by atoms with Gasteiger partial charge in [0, 0.05) is 58.8 Å². The van der Waals surface area contributed by atoms with E-state index in [0.717, 1.165) is 29.7 Å². The lowest BCUT2D eigenvalue weighted by molar-refractivity contribution is -0.126. The van der Waals surface area contributed by atoms with E-state index in [9.17, 15) is 23.2 Å². The maximum Gasteiger partial charge on any atom is 0.387 e. The molecule has 2 aromatic carbocycles. The Morgan fingerprint density at radius 2 is 1.79 bits per heavy atom. The largest absolute Gasteiger partial charge is 0.435 e. The van der Waals surface area contributed by atoms with Crippen molar-refractivity contribution in [1.82, 2.24) is 25.7 Å². The molecular weight excluding hydrogens is 610 g/mol. The van der Waals surface area contributed by atoms with Crippen LogP contribution in [-0.2, 0) is 16.1 Å². The lowest BCUT2D eigenvalue weighted by Crippen LogP contribution is -2.35. The quantitative estimate of drug-likeness (QED) is 0.229. The summed E-state index contributed by atoms with van der Waals surface area (Å²) in [6.07, 6.45) is 5.25. The smallest absolute Gasteiger partial charge is 0.387 e. The molecule has 1 saturated carbocycles. The second-order valence-electron chi connectivity index (χ2n) is 11.4. The molecule has 2 heterocycles. The number of nitrogens with zero attached hydrogens (tertiary/aromatic N) is 4. The molecule has 3 aromatic rings. The van der Waals surface area contributed by atoms with Gasteiger partial charge in [-0.15, -0.1) is 10.2 Å². The van der Waals surface area contributed by atoms with Gasteiger partial charge in [0.05, 0.1) is 17.1 Å². The van der Waals surface area contributed by atoms with E-state index < -0.39 is 12.5 Å². The number of benzene rings is 2. The van der Waals surface area contributed by atoms with Crippen LogP contribution in [0.2, 0.25) is 0 Å². The average molecular weight is 647 g/mol. The molecule has 0 saturated heterocycles. The summed E-state index contributed by atoms with van der Waals surface area (Å²) in [6.45, 7) is -2.38. The van der Waals surface area contributed by atoms with Crippen LogP contribution in [0.25, 0.3) is 5.57 Å². The highest BCUT2D eigenvalue weighted by Gasteiger charge is 2.30. The first-order valence-corrected chi connectivity index (χ1v) is 15.0. The summed E-state index contributed by atoms with van der Waals surface area (Å²) in [4.78, 5) is 41.7. The van der Waals surface area contributed by atoms with Gasteiger partial charge in [-0.3, -0.25) is 14.4 Å². The van der Waals surface area contributed by atoms with E-state index in [1.54, 1.807) is 31.3 Å². The molecule has 1 aliphatic heterocycles. The Morgan fingerprint density at radius 3 is 2.45 bits per heavy atom. The predicted octanol–water partition coefficient (Wildman–Crippen LogP) is 4.12. The Morgan fingerprint density at radius 1 is 1.02 bits per heavy atom. The summed E-state index contributed by atoms with van der Waals surface area (Å²) >= 11 is 0. The van der Waals surface area contributed by atoms with Crippen LogP contribution in [-0.4, -0.2) is 74.2 Å². The van der Waals surface area contributed by atoms with Crippen LogP contribution < -0.4 is 30.9 Å². The van der Waals surface area contributed by atoms with E-state index in [-0.39, 0.29) is 41.5 Å². The Kier molecular flexibility index (Phi) is 9.97. The summed E-state index contributed by atoms with van der Waals surface area (Å²) in [5.41, 5.74) is 4.74. The molecule has 4 N–H and O–H groups in total. The number of para-hydroxylation sites is 1. The topological polar surface area (TPSA) is 141 Å². The minimum Gasteiger partial charge on any atom is -0.435 e. The number of nitrogens with one attached hydrogen (secondary N) is 4. The monoisotopic (exact) mass is 646 g/mol. The van der Waals surface area contributed by atoms with Gasteiger partial charge in [-0.25, -0.2) is 0 Å². The summed E-state index contributed by atoms with van der Waals surface area (Å²) in [5.74, 6) is -0.598. The number of hydrogen-bond acceptors (Lipinski definition) is 9. The molecule has 12 nitrogen and oxygen atoms in total. The van der Waals surface area contributed by atoms with E-state index in [1.165, 1.54) is 24.1 Å². The minimum atomic E-state index is -2.93. The molecule has 3 amide bonds. The first kappa shape index (κ1) is 32.9. The van der Waals surface area contributed by atoms with Crippen molar-refractivity contribution in [2.45, 2.75) is 26.0 Å². The molecule has 0 radical (unpaired) electrons. The third-order valence-corrected chi connectivity index (χ3v) is 7.57. The normalized spacial score (nSPS) is 13.9. The molecule has 1 aliphatic carbocycles. The summed E-state index contributed by atoms with van der Waals surface area (Å²) in [7, 11) is 6.92. The molecule has 0 spiro atoms. The molecule has 0 atom stereocenters. The lowest BCUT2D eigenvalue weighted by atomic mass is 9.99.